The maximum Gasteiger partial charge on any atom is 0.308 e. The highest BCUT2D eigenvalue weighted by Crippen LogP contribution is 2.38. The summed E-state index contributed by atoms with van der Waals surface area (Å²) in [6.07, 6.45) is -31.0. The van der Waals surface area contributed by atoms with Gasteiger partial charge in [0.25, 0.3) is 0 Å². The Balaban J connectivity index is 1.18. The fourth-order valence-corrected chi connectivity index (χ4v) is 9.59. The number of aliphatic hydroxyl groups excluding tert-OH is 11. The fourth-order valence-electron chi connectivity index (χ4n) is 9.59. The van der Waals surface area contributed by atoms with Crippen LogP contribution in [-0.4, -0.2) is 251 Å². The lowest BCUT2D eigenvalue weighted by atomic mass is 9.89. The standard InChI is InChI=1S/C48H84O26/c1-9-21(5)27(68-31(54)13-26(52)12-28(22(6)10-2)69-45-37(59)35(57)29(16-49)70-45)11-25(51)14-32(55)71-41-34(56)23(7)66-39(20(3)4)42(41)73-44-38(60)36(58)40(24(8)67-44)72-33-15-48(63,30(53)17-64-33)74-46-43(61)47(62,18-50)19-65-46/h20-30,33-46,49-53,56-63H,9-19H2,1-8H3/t21-,22-,23?,24?,25-,26-,27-,28-,29?,30?,33?,34?,35?,36?,37?,38?,39?,40?,41?,42?,43?,44?,45?,46?,47?,48?/m0/s1. The van der Waals surface area contributed by atoms with Gasteiger partial charge in [-0.1, -0.05) is 54.4 Å². The Morgan fingerprint density at radius 3 is 1.86 bits per heavy atom. The fraction of sp³-hybridized carbons (Fsp3) is 0.958. The highest BCUT2D eigenvalue weighted by molar-refractivity contribution is 5.71. The molecule has 26 nitrogen and oxygen atoms in total. The van der Waals surface area contributed by atoms with E-state index >= 15 is 0 Å². The zero-order valence-electron chi connectivity index (χ0n) is 43.3. The Bertz CT molecular complexity index is 1730. The first kappa shape index (κ1) is 62.9. The van der Waals surface area contributed by atoms with Crippen LogP contribution in [0.3, 0.4) is 0 Å². The lowest BCUT2D eigenvalue weighted by molar-refractivity contribution is -0.390. The third-order valence-electron chi connectivity index (χ3n) is 14.9. The summed E-state index contributed by atoms with van der Waals surface area (Å²) in [4.78, 5) is 26.9. The molecular formula is C48H84O26. The summed E-state index contributed by atoms with van der Waals surface area (Å²) < 4.78 is 63.4. The predicted molar refractivity (Wildman–Crippen MR) is 247 cm³/mol. The van der Waals surface area contributed by atoms with Gasteiger partial charge in [0.05, 0.1) is 82.3 Å². The predicted octanol–water partition coefficient (Wildman–Crippen LogP) is -3.70. The van der Waals surface area contributed by atoms with Crippen molar-refractivity contribution in [2.45, 2.75) is 247 Å². The van der Waals surface area contributed by atoms with Gasteiger partial charge in [0.15, 0.2) is 31.3 Å². The van der Waals surface area contributed by atoms with Crippen LogP contribution in [0.1, 0.15) is 100 Å². The second kappa shape index (κ2) is 27.3. The lowest BCUT2D eigenvalue weighted by Gasteiger charge is -2.49. The van der Waals surface area contributed by atoms with Crippen molar-refractivity contribution in [3.05, 3.63) is 0 Å². The van der Waals surface area contributed by atoms with E-state index in [2.05, 4.69) is 0 Å². The van der Waals surface area contributed by atoms with Crippen LogP contribution in [0.4, 0.5) is 0 Å². The average molecular weight is 1080 g/mol. The summed E-state index contributed by atoms with van der Waals surface area (Å²) in [5, 5.41) is 139. The average Bonchev–Trinajstić information content (AvgIpc) is 3.78. The van der Waals surface area contributed by atoms with Crippen molar-refractivity contribution in [3.63, 3.8) is 0 Å². The van der Waals surface area contributed by atoms with Crippen LogP contribution in [0.25, 0.3) is 0 Å². The molecule has 0 spiro atoms. The molecule has 26 atom stereocenters. The molecule has 20 unspecified atom stereocenters. The summed E-state index contributed by atoms with van der Waals surface area (Å²) in [6, 6.07) is 0. The van der Waals surface area contributed by atoms with Crippen LogP contribution >= 0.6 is 0 Å². The Kier molecular flexibility index (Phi) is 23.2. The summed E-state index contributed by atoms with van der Waals surface area (Å²) in [6.45, 7) is 11.3. The third kappa shape index (κ3) is 15.2. The molecule has 0 radical (unpaired) electrons. The SMILES string of the molecule is CC[C@H](C)[C@H](C[C@H](O)CC(=O)OC1C(O)C(C)OC(C(C)C)C1OC1OC(C)C(OC2CC(O)(OC3OCC(O)(CO)C3O)C(O)CO2)C(O)C1O)OC(=O)C[C@@H](O)C[C@H](OC1OC(CO)C(O)C1O)[C@@H](C)CC. The van der Waals surface area contributed by atoms with Crippen molar-refractivity contribution < 1.29 is 128 Å². The van der Waals surface area contributed by atoms with Crippen molar-refractivity contribution in [1.82, 2.24) is 0 Å². The van der Waals surface area contributed by atoms with Gasteiger partial charge in [-0.15, -0.1) is 0 Å². The Hall–Kier alpha value is -1.94. The zero-order chi connectivity index (χ0) is 55.1. The second-order valence-electron chi connectivity index (χ2n) is 21.1. The first-order valence-electron chi connectivity index (χ1n) is 25.7. The number of ether oxygens (including phenoxy) is 11. The molecule has 0 aromatic heterocycles. The largest absolute Gasteiger partial charge is 0.462 e. The first-order chi connectivity index (χ1) is 34.7. The van der Waals surface area contributed by atoms with Crippen molar-refractivity contribution >= 4 is 11.9 Å². The minimum absolute atomic E-state index is 0.0735. The quantitative estimate of drug-likeness (QED) is 0.0309. The summed E-state index contributed by atoms with van der Waals surface area (Å²) in [5.41, 5.74) is -2.09. The molecule has 5 saturated heterocycles. The van der Waals surface area contributed by atoms with Gasteiger partial charge in [-0.25, -0.2) is 0 Å². The van der Waals surface area contributed by atoms with E-state index < -0.39 is 204 Å². The molecule has 0 aromatic rings. The molecule has 5 aliphatic rings. The molecule has 432 valence electrons. The molecule has 5 rings (SSSR count). The van der Waals surface area contributed by atoms with Gasteiger partial charge in [-0.3, -0.25) is 9.59 Å². The highest BCUT2D eigenvalue weighted by atomic mass is 16.8. The monoisotopic (exact) mass is 1080 g/mol. The Labute approximate surface area is 430 Å². The van der Waals surface area contributed by atoms with Gasteiger partial charge in [-0.05, 0) is 31.6 Å². The molecule has 5 aliphatic heterocycles. The first-order valence-corrected chi connectivity index (χ1v) is 25.7. The van der Waals surface area contributed by atoms with E-state index in [1.807, 2.05) is 20.8 Å². The summed E-state index contributed by atoms with van der Waals surface area (Å²) in [5.74, 6) is -5.12. The van der Waals surface area contributed by atoms with E-state index in [1.165, 1.54) is 6.92 Å². The maximum atomic E-state index is 13.7. The van der Waals surface area contributed by atoms with Crippen molar-refractivity contribution in [3.8, 4) is 0 Å². The molecule has 0 aliphatic carbocycles. The third-order valence-corrected chi connectivity index (χ3v) is 14.9. The van der Waals surface area contributed by atoms with Gasteiger partial charge in [0, 0.05) is 12.8 Å². The number of aliphatic hydroxyl groups is 13. The minimum Gasteiger partial charge on any atom is -0.462 e. The van der Waals surface area contributed by atoms with Gasteiger partial charge in [-0.2, -0.15) is 0 Å². The molecule has 0 aromatic carbocycles. The van der Waals surface area contributed by atoms with E-state index in [0.29, 0.717) is 12.8 Å². The van der Waals surface area contributed by atoms with Crippen LogP contribution in [-0.2, 0) is 61.7 Å². The number of rotatable bonds is 25. The smallest absolute Gasteiger partial charge is 0.308 e. The van der Waals surface area contributed by atoms with E-state index in [1.54, 1.807) is 27.7 Å². The number of esters is 2. The van der Waals surface area contributed by atoms with Crippen LogP contribution in [0.2, 0.25) is 0 Å². The number of carbonyl (C=O) groups excluding carboxylic acids is 2. The van der Waals surface area contributed by atoms with Crippen LogP contribution in [0.15, 0.2) is 0 Å². The van der Waals surface area contributed by atoms with Crippen molar-refractivity contribution in [1.29, 1.82) is 0 Å². The topological polar surface area (TPSA) is 399 Å². The molecule has 5 fully saturated rings. The summed E-state index contributed by atoms with van der Waals surface area (Å²) >= 11 is 0. The molecule has 26 heteroatoms. The number of hydrogen-bond donors (Lipinski definition) is 13. The number of carbonyl (C=O) groups is 2. The van der Waals surface area contributed by atoms with Crippen LogP contribution in [0, 0.1) is 17.8 Å². The maximum absolute atomic E-state index is 13.7. The molecular weight excluding hydrogens is 993 g/mol. The molecule has 5 heterocycles. The second-order valence-corrected chi connectivity index (χ2v) is 21.1. The molecule has 0 bridgehead atoms. The van der Waals surface area contributed by atoms with E-state index in [-0.39, 0.29) is 30.6 Å². The van der Waals surface area contributed by atoms with Gasteiger partial charge in [0.1, 0.15) is 72.7 Å². The Morgan fingerprint density at radius 2 is 1.28 bits per heavy atom. The lowest BCUT2D eigenvalue weighted by Crippen LogP contribution is -2.65. The molecule has 13 N–H and O–H groups in total. The van der Waals surface area contributed by atoms with Gasteiger partial charge in [0.2, 0.25) is 5.79 Å². The minimum atomic E-state index is -2.49. The van der Waals surface area contributed by atoms with E-state index in [4.69, 9.17) is 52.1 Å². The molecule has 0 saturated carbocycles. The highest BCUT2D eigenvalue weighted by Gasteiger charge is 2.56. The van der Waals surface area contributed by atoms with Crippen molar-refractivity contribution in [2.75, 3.05) is 26.4 Å². The summed E-state index contributed by atoms with van der Waals surface area (Å²) in [7, 11) is 0. The normalized spacial score (nSPS) is 42.4. The van der Waals surface area contributed by atoms with Crippen LogP contribution in [0.5, 0.6) is 0 Å². The van der Waals surface area contributed by atoms with Crippen molar-refractivity contribution in [2.24, 2.45) is 17.8 Å². The van der Waals surface area contributed by atoms with Crippen LogP contribution < -0.4 is 0 Å². The number of hydrogen-bond acceptors (Lipinski definition) is 26. The van der Waals surface area contributed by atoms with Gasteiger partial charge >= 0.3 is 11.9 Å². The molecule has 74 heavy (non-hydrogen) atoms. The van der Waals surface area contributed by atoms with E-state index in [9.17, 15) is 76.0 Å². The molecule has 0 amide bonds. The Morgan fingerprint density at radius 1 is 0.676 bits per heavy atom. The zero-order valence-corrected chi connectivity index (χ0v) is 43.3. The van der Waals surface area contributed by atoms with Gasteiger partial charge < -0.3 is 118 Å². The van der Waals surface area contributed by atoms with E-state index in [0.717, 1.165) is 0 Å².